The van der Waals surface area contributed by atoms with Crippen LogP contribution in [0.1, 0.15) is 13.8 Å². The Morgan fingerprint density at radius 2 is 1.81 bits per heavy atom. The van der Waals surface area contributed by atoms with Crippen LogP contribution in [0.4, 0.5) is 0 Å². The molecule has 0 spiro atoms. The molecule has 0 fully saturated rings. The first-order chi connectivity index (χ1) is 7.57. The minimum atomic E-state index is -0.529. The number of esters is 1. The van der Waals surface area contributed by atoms with E-state index in [-0.39, 0.29) is 0 Å². The first kappa shape index (κ1) is 13.4. The first-order valence-electron chi connectivity index (χ1n) is 4.40. The zero-order chi connectivity index (χ0) is 12.4. The van der Waals surface area contributed by atoms with Crippen molar-refractivity contribution in [2.24, 2.45) is 0 Å². The number of terminal acetylenes is 1. The highest BCUT2D eigenvalue weighted by molar-refractivity contribution is 5.87. The summed E-state index contributed by atoms with van der Waals surface area (Å²) in [6, 6.07) is 0. The molecular formula is C14H10O2. The second-order valence-corrected chi connectivity index (χ2v) is 2.74. The summed E-state index contributed by atoms with van der Waals surface area (Å²) < 4.78 is 4.89. The smallest absolute Gasteiger partial charge is 0.334 e. The van der Waals surface area contributed by atoms with E-state index in [1.807, 2.05) is 0 Å². The lowest BCUT2D eigenvalue weighted by molar-refractivity contribution is -0.140. The second-order valence-electron chi connectivity index (χ2n) is 2.74. The summed E-state index contributed by atoms with van der Waals surface area (Å²) in [5.74, 6) is 16.4. The monoisotopic (exact) mass is 210 g/mol. The van der Waals surface area contributed by atoms with Gasteiger partial charge in [-0.1, -0.05) is 6.58 Å². The second kappa shape index (κ2) is 7.82. The van der Waals surface area contributed by atoms with E-state index in [4.69, 9.17) is 11.2 Å². The van der Waals surface area contributed by atoms with Crippen molar-refractivity contribution in [3.05, 3.63) is 12.2 Å². The standard InChI is InChI=1S/C14H10O2/c1-5-6-7-8-9-10-11-13(4)16-14(15)12(2)3/h1,13H,2H2,3-4H3. The number of carbonyl (C=O) groups is 1. The minimum Gasteiger partial charge on any atom is -0.446 e. The normalized spacial score (nSPS) is 8.56. The number of rotatable bonds is 2. The lowest BCUT2D eigenvalue weighted by atomic mass is 10.3. The Morgan fingerprint density at radius 1 is 1.25 bits per heavy atom. The van der Waals surface area contributed by atoms with E-state index in [0.717, 1.165) is 0 Å². The fourth-order valence-corrected chi connectivity index (χ4v) is 0.558. The van der Waals surface area contributed by atoms with Gasteiger partial charge in [-0.3, -0.25) is 0 Å². The van der Waals surface area contributed by atoms with Gasteiger partial charge in [0, 0.05) is 5.57 Å². The lowest BCUT2D eigenvalue weighted by Crippen LogP contribution is -2.13. The average molecular weight is 210 g/mol. The van der Waals surface area contributed by atoms with Gasteiger partial charge in [0.25, 0.3) is 0 Å². The molecule has 16 heavy (non-hydrogen) atoms. The highest BCUT2D eigenvalue weighted by Crippen LogP contribution is 1.96. The maximum atomic E-state index is 11.1. The highest BCUT2D eigenvalue weighted by atomic mass is 16.5. The van der Waals surface area contributed by atoms with E-state index in [1.165, 1.54) is 0 Å². The number of hydrogen-bond donors (Lipinski definition) is 0. The molecule has 0 radical (unpaired) electrons. The van der Waals surface area contributed by atoms with Crippen LogP contribution in [0.25, 0.3) is 0 Å². The van der Waals surface area contributed by atoms with Gasteiger partial charge in [0.2, 0.25) is 0 Å². The van der Waals surface area contributed by atoms with Crippen molar-refractivity contribution in [2.75, 3.05) is 0 Å². The Kier molecular flexibility index (Phi) is 6.57. The van der Waals surface area contributed by atoms with E-state index in [9.17, 15) is 4.79 Å². The largest absolute Gasteiger partial charge is 0.446 e. The van der Waals surface area contributed by atoms with Gasteiger partial charge in [-0.05, 0) is 55.3 Å². The van der Waals surface area contributed by atoms with E-state index in [0.29, 0.717) is 5.57 Å². The predicted octanol–water partition coefficient (Wildman–Crippen LogP) is 1.14. The van der Waals surface area contributed by atoms with E-state index in [2.05, 4.69) is 48.0 Å². The SMILES string of the molecule is C#CC#CC#CC#CC(C)OC(=O)C(=C)C. The summed E-state index contributed by atoms with van der Waals surface area (Å²) in [7, 11) is 0. The Hall–Kier alpha value is -2.55. The minimum absolute atomic E-state index is 0.333. The van der Waals surface area contributed by atoms with Crippen LogP contribution >= 0.6 is 0 Å². The van der Waals surface area contributed by atoms with Crippen molar-refractivity contribution in [1.29, 1.82) is 0 Å². The van der Waals surface area contributed by atoms with Crippen LogP contribution in [0.5, 0.6) is 0 Å². The lowest BCUT2D eigenvalue weighted by Gasteiger charge is -2.05. The molecule has 1 unspecified atom stereocenters. The molecule has 0 rings (SSSR count). The third-order valence-corrected chi connectivity index (χ3v) is 1.23. The predicted molar refractivity (Wildman–Crippen MR) is 62.5 cm³/mol. The van der Waals surface area contributed by atoms with Gasteiger partial charge in [-0.15, -0.1) is 6.42 Å². The number of ether oxygens (including phenoxy) is 1. The van der Waals surface area contributed by atoms with Crippen LogP contribution < -0.4 is 0 Å². The van der Waals surface area contributed by atoms with Crippen LogP contribution in [0.15, 0.2) is 12.2 Å². The first-order valence-corrected chi connectivity index (χ1v) is 4.40. The maximum absolute atomic E-state index is 11.1. The van der Waals surface area contributed by atoms with Crippen molar-refractivity contribution in [3.8, 4) is 47.9 Å². The third-order valence-electron chi connectivity index (χ3n) is 1.23. The Balaban J connectivity index is 4.25. The molecular weight excluding hydrogens is 200 g/mol. The van der Waals surface area contributed by atoms with Crippen LogP contribution in [-0.4, -0.2) is 12.1 Å². The Bertz CT molecular complexity index is 499. The van der Waals surface area contributed by atoms with Gasteiger partial charge in [-0.2, -0.15) is 0 Å². The summed E-state index contributed by atoms with van der Waals surface area (Å²) >= 11 is 0. The summed E-state index contributed by atoms with van der Waals surface area (Å²) in [5, 5.41) is 0. The van der Waals surface area contributed by atoms with E-state index in [1.54, 1.807) is 13.8 Å². The molecule has 2 nitrogen and oxygen atoms in total. The highest BCUT2D eigenvalue weighted by Gasteiger charge is 2.06. The third kappa shape index (κ3) is 6.91. The summed E-state index contributed by atoms with van der Waals surface area (Å²) in [6.07, 6.45) is 4.35. The Morgan fingerprint density at radius 3 is 2.38 bits per heavy atom. The topological polar surface area (TPSA) is 26.3 Å². The fourth-order valence-electron chi connectivity index (χ4n) is 0.558. The molecule has 0 aromatic heterocycles. The van der Waals surface area contributed by atoms with Crippen LogP contribution in [-0.2, 0) is 9.53 Å². The van der Waals surface area contributed by atoms with Gasteiger partial charge >= 0.3 is 5.97 Å². The van der Waals surface area contributed by atoms with Gasteiger partial charge < -0.3 is 4.74 Å². The molecule has 0 aromatic carbocycles. The van der Waals surface area contributed by atoms with E-state index < -0.39 is 12.1 Å². The molecule has 1 atom stereocenters. The van der Waals surface area contributed by atoms with Crippen LogP contribution in [0.2, 0.25) is 0 Å². The quantitative estimate of drug-likeness (QED) is 0.388. The maximum Gasteiger partial charge on any atom is 0.334 e. The Labute approximate surface area is 96.1 Å². The fraction of sp³-hybridized carbons (Fsp3) is 0.214. The molecule has 0 saturated carbocycles. The van der Waals surface area contributed by atoms with E-state index >= 15 is 0 Å². The summed E-state index contributed by atoms with van der Waals surface area (Å²) in [5.41, 5.74) is 0.333. The van der Waals surface area contributed by atoms with Gasteiger partial charge in [0.1, 0.15) is 0 Å². The van der Waals surface area contributed by atoms with Crippen molar-refractivity contribution in [1.82, 2.24) is 0 Å². The van der Waals surface area contributed by atoms with Crippen molar-refractivity contribution < 1.29 is 9.53 Å². The molecule has 0 aromatic rings. The van der Waals surface area contributed by atoms with Gasteiger partial charge in [0.05, 0.1) is 0 Å². The van der Waals surface area contributed by atoms with Crippen molar-refractivity contribution in [3.63, 3.8) is 0 Å². The summed E-state index contributed by atoms with van der Waals surface area (Å²) in [6.45, 7) is 6.66. The molecule has 0 aliphatic heterocycles. The van der Waals surface area contributed by atoms with Crippen molar-refractivity contribution in [2.45, 2.75) is 20.0 Å². The molecule has 0 amide bonds. The van der Waals surface area contributed by atoms with Crippen LogP contribution in [0.3, 0.4) is 0 Å². The zero-order valence-electron chi connectivity index (χ0n) is 9.18. The zero-order valence-corrected chi connectivity index (χ0v) is 9.18. The summed E-state index contributed by atoms with van der Waals surface area (Å²) in [4.78, 5) is 11.1. The number of hydrogen-bond acceptors (Lipinski definition) is 2. The molecule has 0 N–H and O–H groups in total. The van der Waals surface area contributed by atoms with Gasteiger partial charge in [0.15, 0.2) is 6.10 Å². The molecule has 0 aliphatic rings. The van der Waals surface area contributed by atoms with Gasteiger partial charge in [-0.25, -0.2) is 4.79 Å². The average Bonchev–Trinajstić information content (AvgIpc) is 2.23. The molecule has 0 saturated heterocycles. The molecule has 78 valence electrons. The van der Waals surface area contributed by atoms with Crippen LogP contribution in [0, 0.1) is 47.9 Å². The van der Waals surface area contributed by atoms with Crippen molar-refractivity contribution >= 4 is 5.97 Å². The number of carbonyl (C=O) groups excluding carboxylic acids is 1. The molecule has 0 bridgehead atoms. The molecule has 2 heteroatoms. The molecule has 0 heterocycles. The molecule has 0 aliphatic carbocycles.